The van der Waals surface area contributed by atoms with Gasteiger partial charge in [0.1, 0.15) is 0 Å². The quantitative estimate of drug-likeness (QED) is 0.703. The van der Waals surface area contributed by atoms with Gasteiger partial charge in [-0.3, -0.25) is 0 Å². The maximum atomic E-state index is 5.88. The zero-order valence-electron chi connectivity index (χ0n) is 9.27. The van der Waals surface area contributed by atoms with Crippen LogP contribution in [0, 0.1) is 5.92 Å². The fourth-order valence-electron chi connectivity index (χ4n) is 2.22. The van der Waals surface area contributed by atoms with E-state index in [9.17, 15) is 0 Å². The highest BCUT2D eigenvalue weighted by Crippen LogP contribution is 2.29. The van der Waals surface area contributed by atoms with Crippen molar-refractivity contribution in [1.82, 2.24) is 5.32 Å². The van der Waals surface area contributed by atoms with Gasteiger partial charge < -0.3 is 11.1 Å². The summed E-state index contributed by atoms with van der Waals surface area (Å²) in [5.74, 6) is 0.891. The topological polar surface area (TPSA) is 38.0 Å². The van der Waals surface area contributed by atoms with Crippen molar-refractivity contribution in [1.29, 1.82) is 0 Å². The molecule has 1 fully saturated rings. The predicted octanol–water partition coefficient (Wildman–Crippen LogP) is 1.89. The zero-order chi connectivity index (χ0) is 9.90. The first-order chi connectivity index (χ1) is 6.03. The summed E-state index contributed by atoms with van der Waals surface area (Å²) in [6, 6.07) is 0.481. The Morgan fingerprint density at radius 2 is 1.77 bits per heavy atom. The first-order valence-electron chi connectivity index (χ1n) is 5.48. The van der Waals surface area contributed by atoms with Gasteiger partial charge in [-0.2, -0.15) is 0 Å². The lowest BCUT2D eigenvalue weighted by Gasteiger charge is -2.33. The summed E-state index contributed by atoms with van der Waals surface area (Å²) in [5, 5.41) is 3.37. The van der Waals surface area contributed by atoms with Crippen LogP contribution in [0.4, 0.5) is 0 Å². The minimum Gasteiger partial charge on any atom is -0.328 e. The van der Waals surface area contributed by atoms with Crippen LogP contribution in [0.25, 0.3) is 0 Å². The number of hydrogen-bond donors (Lipinski definition) is 2. The van der Waals surface area contributed by atoms with E-state index in [4.69, 9.17) is 5.73 Å². The van der Waals surface area contributed by atoms with E-state index in [0.717, 1.165) is 5.92 Å². The zero-order valence-corrected chi connectivity index (χ0v) is 9.27. The van der Waals surface area contributed by atoms with Crippen molar-refractivity contribution in [3.63, 3.8) is 0 Å². The van der Waals surface area contributed by atoms with E-state index >= 15 is 0 Å². The molecular weight excluding hydrogens is 160 g/mol. The lowest BCUT2D eigenvalue weighted by molar-refractivity contribution is 0.244. The molecule has 3 N–H and O–H groups in total. The van der Waals surface area contributed by atoms with Gasteiger partial charge in [-0.1, -0.05) is 0 Å². The third-order valence-electron chi connectivity index (χ3n) is 3.37. The van der Waals surface area contributed by atoms with Crippen LogP contribution in [-0.2, 0) is 0 Å². The molecule has 1 aliphatic carbocycles. The Hall–Kier alpha value is -0.0800. The van der Waals surface area contributed by atoms with Crippen LogP contribution in [0.5, 0.6) is 0 Å². The standard InChI is InChI=1S/C11H24N2/c1-11(2,13-3)8-9-4-6-10(12)7-5-9/h9-10,13H,4-8,12H2,1-3H3. The molecule has 2 heteroatoms. The molecule has 13 heavy (non-hydrogen) atoms. The third kappa shape index (κ3) is 3.65. The lowest BCUT2D eigenvalue weighted by atomic mass is 9.79. The highest BCUT2D eigenvalue weighted by molar-refractivity contribution is 4.83. The second-order valence-electron chi connectivity index (χ2n) is 5.12. The molecule has 1 saturated carbocycles. The molecule has 0 spiro atoms. The van der Waals surface area contributed by atoms with Crippen molar-refractivity contribution in [2.24, 2.45) is 11.7 Å². The average Bonchev–Trinajstić information content (AvgIpc) is 2.09. The predicted molar refractivity (Wildman–Crippen MR) is 57.7 cm³/mol. The van der Waals surface area contributed by atoms with Crippen molar-refractivity contribution >= 4 is 0 Å². The minimum atomic E-state index is 0.298. The second-order valence-corrected chi connectivity index (χ2v) is 5.12. The molecule has 0 radical (unpaired) electrons. The van der Waals surface area contributed by atoms with E-state index < -0.39 is 0 Å². The van der Waals surface area contributed by atoms with Crippen LogP contribution in [0.2, 0.25) is 0 Å². The van der Waals surface area contributed by atoms with Crippen molar-refractivity contribution in [3.8, 4) is 0 Å². The van der Waals surface area contributed by atoms with Gasteiger partial charge >= 0.3 is 0 Å². The van der Waals surface area contributed by atoms with Crippen LogP contribution in [-0.4, -0.2) is 18.6 Å². The van der Waals surface area contributed by atoms with Crippen LogP contribution in [0.3, 0.4) is 0 Å². The summed E-state index contributed by atoms with van der Waals surface area (Å²) >= 11 is 0. The molecule has 0 atom stereocenters. The molecule has 0 heterocycles. The van der Waals surface area contributed by atoms with Gasteiger partial charge in [0.05, 0.1) is 0 Å². The Morgan fingerprint density at radius 1 is 1.23 bits per heavy atom. The molecule has 0 bridgehead atoms. The number of rotatable bonds is 3. The van der Waals surface area contributed by atoms with E-state index in [1.807, 2.05) is 0 Å². The van der Waals surface area contributed by atoms with Crippen molar-refractivity contribution < 1.29 is 0 Å². The summed E-state index contributed by atoms with van der Waals surface area (Å²) in [4.78, 5) is 0. The van der Waals surface area contributed by atoms with Crippen molar-refractivity contribution in [3.05, 3.63) is 0 Å². The van der Waals surface area contributed by atoms with Gasteiger partial charge in [-0.25, -0.2) is 0 Å². The van der Waals surface area contributed by atoms with Crippen LogP contribution in [0.15, 0.2) is 0 Å². The highest BCUT2D eigenvalue weighted by atomic mass is 14.9. The molecule has 1 aliphatic rings. The van der Waals surface area contributed by atoms with Crippen LogP contribution >= 0.6 is 0 Å². The Kier molecular flexibility index (Phi) is 3.74. The average molecular weight is 184 g/mol. The summed E-state index contributed by atoms with van der Waals surface area (Å²) in [6.07, 6.45) is 6.39. The van der Waals surface area contributed by atoms with Gasteiger partial charge in [0.15, 0.2) is 0 Å². The maximum absolute atomic E-state index is 5.88. The van der Waals surface area contributed by atoms with Gasteiger partial charge in [0, 0.05) is 11.6 Å². The van der Waals surface area contributed by atoms with E-state index in [0.29, 0.717) is 11.6 Å². The summed E-state index contributed by atoms with van der Waals surface area (Å²) < 4.78 is 0. The fourth-order valence-corrected chi connectivity index (χ4v) is 2.22. The summed E-state index contributed by atoms with van der Waals surface area (Å²) in [7, 11) is 2.05. The normalized spacial score (nSPS) is 30.5. The molecule has 0 aromatic heterocycles. The lowest BCUT2D eigenvalue weighted by Crippen LogP contribution is -2.39. The van der Waals surface area contributed by atoms with E-state index in [1.54, 1.807) is 0 Å². The molecule has 0 unspecified atom stereocenters. The second kappa shape index (κ2) is 4.43. The van der Waals surface area contributed by atoms with Gasteiger partial charge in [0.25, 0.3) is 0 Å². The van der Waals surface area contributed by atoms with E-state index in [2.05, 4.69) is 26.2 Å². The Balaban J connectivity index is 2.30. The molecule has 78 valence electrons. The van der Waals surface area contributed by atoms with Gasteiger partial charge in [0.2, 0.25) is 0 Å². The Morgan fingerprint density at radius 3 is 2.23 bits per heavy atom. The fraction of sp³-hybridized carbons (Fsp3) is 1.00. The van der Waals surface area contributed by atoms with Gasteiger partial charge in [-0.05, 0) is 58.9 Å². The number of nitrogens with two attached hydrogens (primary N) is 1. The number of nitrogens with one attached hydrogen (secondary N) is 1. The maximum Gasteiger partial charge on any atom is 0.0124 e. The monoisotopic (exact) mass is 184 g/mol. The molecule has 0 amide bonds. The van der Waals surface area contributed by atoms with Crippen molar-refractivity contribution in [2.75, 3.05) is 7.05 Å². The first kappa shape index (κ1) is 11.0. The molecule has 0 aromatic rings. The Labute approximate surface area is 82.3 Å². The first-order valence-corrected chi connectivity index (χ1v) is 5.48. The van der Waals surface area contributed by atoms with E-state index in [1.165, 1.54) is 32.1 Å². The molecule has 1 rings (SSSR count). The molecular formula is C11H24N2. The van der Waals surface area contributed by atoms with Crippen LogP contribution < -0.4 is 11.1 Å². The number of hydrogen-bond acceptors (Lipinski definition) is 2. The Bertz CT molecular complexity index is 146. The SMILES string of the molecule is CNC(C)(C)CC1CCC(N)CC1. The van der Waals surface area contributed by atoms with Crippen molar-refractivity contribution in [2.45, 2.75) is 57.5 Å². The molecule has 0 saturated heterocycles. The smallest absolute Gasteiger partial charge is 0.0124 e. The molecule has 0 aromatic carbocycles. The van der Waals surface area contributed by atoms with Crippen LogP contribution in [0.1, 0.15) is 46.0 Å². The molecule has 2 nitrogen and oxygen atoms in total. The summed E-state index contributed by atoms with van der Waals surface area (Å²) in [6.45, 7) is 4.56. The highest BCUT2D eigenvalue weighted by Gasteiger charge is 2.24. The van der Waals surface area contributed by atoms with Gasteiger partial charge in [-0.15, -0.1) is 0 Å². The minimum absolute atomic E-state index is 0.298. The molecule has 0 aliphatic heterocycles. The summed E-state index contributed by atoms with van der Waals surface area (Å²) in [5.41, 5.74) is 6.18. The third-order valence-corrected chi connectivity index (χ3v) is 3.37. The van der Waals surface area contributed by atoms with E-state index in [-0.39, 0.29) is 0 Å². The largest absolute Gasteiger partial charge is 0.328 e.